The van der Waals surface area contributed by atoms with Crippen molar-refractivity contribution in [1.82, 2.24) is 20.2 Å². The highest BCUT2D eigenvalue weighted by Gasteiger charge is 2.20. The molecule has 3 aromatic rings. The minimum absolute atomic E-state index is 0.102. The molecule has 8 heteroatoms. The lowest BCUT2D eigenvalue weighted by molar-refractivity contribution is -0.115. The number of rotatable bonds is 6. The third-order valence-electron chi connectivity index (χ3n) is 3.94. The molecular weight excluding hydrogens is 362 g/mol. The van der Waals surface area contributed by atoms with E-state index in [-0.39, 0.29) is 11.7 Å². The number of aryl methyl sites for hydroxylation is 1. The fraction of sp³-hybridized carbons (Fsp3) is 0.211. The number of nitrogens with zero attached hydrogens (tertiary/aromatic N) is 4. The molecule has 1 aromatic heterocycles. The molecule has 0 fully saturated rings. The predicted molar refractivity (Wildman–Crippen MR) is 104 cm³/mol. The van der Waals surface area contributed by atoms with Gasteiger partial charge in [0.2, 0.25) is 11.1 Å². The molecule has 1 heterocycles. The second-order valence-electron chi connectivity index (χ2n) is 6.06. The van der Waals surface area contributed by atoms with Gasteiger partial charge in [-0.15, -0.1) is 5.10 Å². The lowest BCUT2D eigenvalue weighted by atomic mass is 10.1. The first-order chi connectivity index (χ1) is 13.0. The van der Waals surface area contributed by atoms with Crippen LogP contribution in [-0.2, 0) is 4.79 Å². The van der Waals surface area contributed by atoms with E-state index in [1.807, 2.05) is 31.2 Å². The molecule has 1 atom stereocenters. The topological polar surface area (TPSA) is 89.8 Å². The first-order valence-corrected chi connectivity index (χ1v) is 9.26. The Kier molecular flexibility index (Phi) is 5.66. The molecule has 7 nitrogen and oxygen atoms in total. The Morgan fingerprint density at radius 2 is 1.81 bits per heavy atom. The van der Waals surface area contributed by atoms with Gasteiger partial charge < -0.3 is 5.32 Å². The third-order valence-corrected chi connectivity index (χ3v) is 4.97. The number of para-hydroxylation sites is 1. The molecule has 0 aliphatic heterocycles. The Labute approximate surface area is 161 Å². The van der Waals surface area contributed by atoms with Crippen LogP contribution < -0.4 is 5.32 Å². The number of anilines is 1. The molecule has 0 aliphatic carbocycles. The second kappa shape index (κ2) is 8.13. The van der Waals surface area contributed by atoms with E-state index in [0.717, 1.165) is 11.3 Å². The number of Topliss-reactive ketones (excluding diaryl/α,β-unsaturated/α-hetero) is 1. The number of nitrogens with one attached hydrogen (secondary N) is 1. The average molecular weight is 381 g/mol. The normalized spacial score (nSPS) is 11.8. The molecule has 0 saturated carbocycles. The SMILES string of the molecule is CC(=O)c1ccccc1NC(=O)C(C)Sc1nnnn1-c1ccc(C)cc1. The van der Waals surface area contributed by atoms with Crippen LogP contribution in [0.1, 0.15) is 29.8 Å². The standard InChI is InChI=1S/C19H19N5O2S/c1-12-8-10-15(11-9-12)24-19(21-22-23-24)27-14(3)18(26)20-17-7-5-4-6-16(17)13(2)25/h4-11,14H,1-3H3,(H,20,26). The summed E-state index contributed by atoms with van der Waals surface area (Å²) in [7, 11) is 0. The van der Waals surface area contributed by atoms with Gasteiger partial charge >= 0.3 is 0 Å². The summed E-state index contributed by atoms with van der Waals surface area (Å²) in [6.07, 6.45) is 0. The first-order valence-electron chi connectivity index (χ1n) is 8.38. The van der Waals surface area contributed by atoms with Crippen LogP contribution in [0.15, 0.2) is 53.7 Å². The van der Waals surface area contributed by atoms with Crippen molar-refractivity contribution in [1.29, 1.82) is 0 Å². The number of aromatic nitrogens is 4. The minimum Gasteiger partial charge on any atom is -0.324 e. The number of benzene rings is 2. The average Bonchev–Trinajstić information content (AvgIpc) is 3.10. The minimum atomic E-state index is -0.458. The Bertz CT molecular complexity index is 968. The summed E-state index contributed by atoms with van der Waals surface area (Å²) < 4.78 is 1.59. The molecule has 0 saturated heterocycles. The number of carbonyl (C=O) groups excluding carboxylic acids is 2. The predicted octanol–water partition coefficient (Wildman–Crippen LogP) is 3.29. The van der Waals surface area contributed by atoms with Gasteiger partial charge in [-0.05, 0) is 55.5 Å². The highest BCUT2D eigenvalue weighted by atomic mass is 32.2. The maximum absolute atomic E-state index is 12.6. The highest BCUT2D eigenvalue weighted by molar-refractivity contribution is 8.00. The van der Waals surface area contributed by atoms with Crippen molar-refractivity contribution in [3.8, 4) is 5.69 Å². The van der Waals surface area contributed by atoms with Crippen LogP contribution in [0.4, 0.5) is 5.69 Å². The van der Waals surface area contributed by atoms with Gasteiger partial charge in [-0.25, -0.2) is 0 Å². The summed E-state index contributed by atoms with van der Waals surface area (Å²) >= 11 is 1.25. The summed E-state index contributed by atoms with van der Waals surface area (Å²) in [4.78, 5) is 24.3. The number of ketones is 1. The Morgan fingerprint density at radius 1 is 1.11 bits per heavy atom. The summed E-state index contributed by atoms with van der Waals surface area (Å²) in [5.74, 6) is -0.332. The van der Waals surface area contributed by atoms with Crippen molar-refractivity contribution in [2.75, 3.05) is 5.32 Å². The zero-order valence-electron chi connectivity index (χ0n) is 15.2. The molecule has 1 unspecified atom stereocenters. The van der Waals surface area contributed by atoms with Gasteiger partial charge in [0.15, 0.2) is 5.78 Å². The number of amides is 1. The van der Waals surface area contributed by atoms with Crippen molar-refractivity contribution >= 4 is 29.1 Å². The van der Waals surface area contributed by atoms with Crippen LogP contribution in [0.2, 0.25) is 0 Å². The molecule has 138 valence electrons. The molecule has 1 amide bonds. The van der Waals surface area contributed by atoms with Gasteiger partial charge in [-0.1, -0.05) is 41.6 Å². The zero-order valence-corrected chi connectivity index (χ0v) is 16.0. The van der Waals surface area contributed by atoms with E-state index in [1.165, 1.54) is 18.7 Å². The number of carbonyl (C=O) groups is 2. The lowest BCUT2D eigenvalue weighted by Gasteiger charge is -2.13. The van der Waals surface area contributed by atoms with Crippen molar-refractivity contribution < 1.29 is 9.59 Å². The van der Waals surface area contributed by atoms with Gasteiger partial charge in [0.05, 0.1) is 16.6 Å². The number of thioether (sulfide) groups is 1. The van der Waals surface area contributed by atoms with Crippen LogP contribution in [0, 0.1) is 6.92 Å². The lowest BCUT2D eigenvalue weighted by Crippen LogP contribution is -2.24. The van der Waals surface area contributed by atoms with Gasteiger partial charge in [-0.3, -0.25) is 9.59 Å². The van der Waals surface area contributed by atoms with E-state index in [0.29, 0.717) is 16.4 Å². The molecule has 0 aliphatic rings. The van der Waals surface area contributed by atoms with E-state index >= 15 is 0 Å². The van der Waals surface area contributed by atoms with E-state index < -0.39 is 5.25 Å². The van der Waals surface area contributed by atoms with Crippen molar-refractivity contribution in [3.05, 3.63) is 59.7 Å². The summed E-state index contributed by atoms with van der Waals surface area (Å²) in [6, 6.07) is 14.7. The molecule has 2 aromatic carbocycles. The zero-order chi connectivity index (χ0) is 19.4. The van der Waals surface area contributed by atoms with E-state index in [9.17, 15) is 9.59 Å². The highest BCUT2D eigenvalue weighted by Crippen LogP contribution is 2.25. The largest absolute Gasteiger partial charge is 0.324 e. The van der Waals surface area contributed by atoms with Gasteiger partial charge in [0.1, 0.15) is 0 Å². The Balaban J connectivity index is 1.74. The maximum atomic E-state index is 12.6. The van der Waals surface area contributed by atoms with Crippen LogP contribution in [0.3, 0.4) is 0 Å². The molecule has 27 heavy (non-hydrogen) atoms. The van der Waals surface area contributed by atoms with E-state index in [4.69, 9.17) is 0 Å². The third kappa shape index (κ3) is 4.40. The molecule has 3 rings (SSSR count). The van der Waals surface area contributed by atoms with Crippen LogP contribution in [0.5, 0.6) is 0 Å². The van der Waals surface area contributed by atoms with E-state index in [1.54, 1.807) is 35.9 Å². The smallest absolute Gasteiger partial charge is 0.237 e. The maximum Gasteiger partial charge on any atom is 0.237 e. The molecule has 0 bridgehead atoms. The van der Waals surface area contributed by atoms with Crippen molar-refractivity contribution in [2.45, 2.75) is 31.2 Å². The first kappa shape index (κ1) is 18.8. The van der Waals surface area contributed by atoms with Crippen LogP contribution in [0.25, 0.3) is 5.69 Å². The van der Waals surface area contributed by atoms with Crippen molar-refractivity contribution in [3.63, 3.8) is 0 Å². The van der Waals surface area contributed by atoms with E-state index in [2.05, 4.69) is 20.8 Å². The summed E-state index contributed by atoms with van der Waals surface area (Å²) in [5, 5.41) is 14.6. The van der Waals surface area contributed by atoms with Crippen LogP contribution >= 0.6 is 11.8 Å². The number of hydrogen-bond acceptors (Lipinski definition) is 6. The van der Waals surface area contributed by atoms with Gasteiger partial charge in [0, 0.05) is 5.56 Å². The molecule has 0 spiro atoms. The quantitative estimate of drug-likeness (QED) is 0.520. The fourth-order valence-electron chi connectivity index (χ4n) is 2.45. The van der Waals surface area contributed by atoms with Crippen molar-refractivity contribution in [2.24, 2.45) is 0 Å². The van der Waals surface area contributed by atoms with Gasteiger partial charge in [-0.2, -0.15) is 4.68 Å². The monoisotopic (exact) mass is 381 g/mol. The molecule has 1 N–H and O–H groups in total. The second-order valence-corrected chi connectivity index (χ2v) is 7.37. The fourth-order valence-corrected chi connectivity index (χ4v) is 3.25. The summed E-state index contributed by atoms with van der Waals surface area (Å²) in [6.45, 7) is 5.24. The molecule has 0 radical (unpaired) electrons. The Hall–Kier alpha value is -3.00. The number of tetrazole rings is 1. The Morgan fingerprint density at radius 3 is 2.52 bits per heavy atom. The molecular formula is C19H19N5O2S. The van der Waals surface area contributed by atoms with Gasteiger partial charge in [0.25, 0.3) is 0 Å². The van der Waals surface area contributed by atoms with Crippen LogP contribution in [-0.4, -0.2) is 37.1 Å². The number of hydrogen-bond donors (Lipinski definition) is 1. The summed E-state index contributed by atoms with van der Waals surface area (Å²) in [5.41, 5.74) is 2.94.